The molecule has 0 radical (unpaired) electrons. The summed E-state index contributed by atoms with van der Waals surface area (Å²) in [5.74, 6) is 1.84. The summed E-state index contributed by atoms with van der Waals surface area (Å²) < 4.78 is 10.8. The zero-order chi connectivity index (χ0) is 17.6. The number of likely N-dealkylation sites (N-methyl/N-ethyl adjacent to an activating group) is 1. The first kappa shape index (κ1) is 18.0. The van der Waals surface area contributed by atoms with Gasteiger partial charge in [-0.25, -0.2) is 0 Å². The second-order valence-corrected chi connectivity index (χ2v) is 6.82. The van der Waals surface area contributed by atoms with Gasteiger partial charge in [-0.3, -0.25) is 9.69 Å². The summed E-state index contributed by atoms with van der Waals surface area (Å²) in [4.78, 5) is 18.7. The molecule has 0 bridgehead atoms. The van der Waals surface area contributed by atoms with Crippen LogP contribution in [0.25, 0.3) is 0 Å². The summed E-state index contributed by atoms with van der Waals surface area (Å²) in [6.45, 7) is 6.77. The van der Waals surface area contributed by atoms with Crippen LogP contribution < -0.4 is 14.8 Å². The fourth-order valence-corrected chi connectivity index (χ4v) is 3.06. The minimum absolute atomic E-state index is 0.196. The molecule has 1 saturated heterocycles. The summed E-state index contributed by atoms with van der Waals surface area (Å²) in [5, 5.41) is 3.22. The van der Waals surface area contributed by atoms with Crippen molar-refractivity contribution in [1.29, 1.82) is 0 Å². The summed E-state index contributed by atoms with van der Waals surface area (Å²) in [5.41, 5.74) is 1.22. The molecule has 1 N–H and O–H groups in total. The molecule has 7 nitrogen and oxygen atoms in total. The van der Waals surface area contributed by atoms with Crippen LogP contribution in [0.5, 0.6) is 11.5 Å². The smallest absolute Gasteiger partial charge is 0.236 e. The van der Waals surface area contributed by atoms with E-state index in [1.165, 1.54) is 5.56 Å². The van der Waals surface area contributed by atoms with Gasteiger partial charge in [-0.1, -0.05) is 6.07 Å². The van der Waals surface area contributed by atoms with E-state index in [-0.39, 0.29) is 5.91 Å². The molecule has 1 amide bonds. The Balaban J connectivity index is 1.39. The summed E-state index contributed by atoms with van der Waals surface area (Å²) in [6, 6.07) is 6.10. The molecule has 0 aliphatic carbocycles. The molecule has 1 fully saturated rings. The zero-order valence-electron chi connectivity index (χ0n) is 15.2. The van der Waals surface area contributed by atoms with Crippen molar-refractivity contribution in [2.45, 2.75) is 6.54 Å². The quantitative estimate of drug-likeness (QED) is 0.711. The molecule has 2 aliphatic rings. The maximum absolute atomic E-state index is 12.2. The summed E-state index contributed by atoms with van der Waals surface area (Å²) in [7, 11) is 4.06. The molecule has 1 aromatic rings. The summed E-state index contributed by atoms with van der Waals surface area (Å²) >= 11 is 0. The first-order valence-electron chi connectivity index (χ1n) is 8.86. The number of fused-ring (bicyclic) bond motifs is 1. The fourth-order valence-electron chi connectivity index (χ4n) is 3.06. The molecule has 7 heteroatoms. The molecule has 0 atom stereocenters. The van der Waals surface area contributed by atoms with Crippen LogP contribution in [0, 0.1) is 0 Å². The van der Waals surface area contributed by atoms with Gasteiger partial charge in [-0.2, -0.15) is 0 Å². The fraction of sp³-hybridized carbons (Fsp3) is 0.611. The Hall–Kier alpha value is -1.83. The number of hydrogen-bond donors (Lipinski definition) is 1. The van der Waals surface area contributed by atoms with E-state index in [4.69, 9.17) is 9.47 Å². The molecule has 0 spiro atoms. The minimum Gasteiger partial charge on any atom is -0.454 e. The molecule has 3 rings (SSSR count). The van der Waals surface area contributed by atoms with Crippen molar-refractivity contribution < 1.29 is 14.3 Å². The predicted octanol–water partition coefficient (Wildman–Crippen LogP) is 0.211. The summed E-state index contributed by atoms with van der Waals surface area (Å²) in [6.07, 6.45) is 0. The van der Waals surface area contributed by atoms with Crippen LogP contribution in [0.1, 0.15) is 5.56 Å². The maximum atomic E-state index is 12.2. The van der Waals surface area contributed by atoms with Gasteiger partial charge in [0, 0.05) is 45.8 Å². The SMILES string of the molecule is CN(C)CCNCC(=O)N1CCN(Cc2ccc3c(c2)OCO3)CC1. The van der Waals surface area contributed by atoms with E-state index in [1.54, 1.807) is 0 Å². The van der Waals surface area contributed by atoms with Crippen molar-refractivity contribution in [3.05, 3.63) is 23.8 Å². The van der Waals surface area contributed by atoms with E-state index in [9.17, 15) is 4.79 Å². The average Bonchev–Trinajstić information content (AvgIpc) is 3.07. The number of rotatable bonds is 7. The topological polar surface area (TPSA) is 57.3 Å². The van der Waals surface area contributed by atoms with Crippen LogP contribution in [-0.2, 0) is 11.3 Å². The third kappa shape index (κ3) is 5.07. The second-order valence-electron chi connectivity index (χ2n) is 6.82. The lowest BCUT2D eigenvalue weighted by Gasteiger charge is -2.35. The highest BCUT2D eigenvalue weighted by molar-refractivity contribution is 5.78. The van der Waals surface area contributed by atoms with Crippen LogP contribution in [0.3, 0.4) is 0 Å². The predicted molar refractivity (Wildman–Crippen MR) is 95.8 cm³/mol. The Morgan fingerprint density at radius 1 is 1.16 bits per heavy atom. The number of piperazine rings is 1. The normalized spacial score (nSPS) is 17.3. The van der Waals surface area contributed by atoms with Crippen molar-refractivity contribution in [1.82, 2.24) is 20.0 Å². The molecule has 2 aliphatic heterocycles. The van der Waals surface area contributed by atoms with E-state index in [2.05, 4.69) is 27.2 Å². The van der Waals surface area contributed by atoms with Gasteiger partial charge in [-0.15, -0.1) is 0 Å². The number of hydrogen-bond acceptors (Lipinski definition) is 6. The molecule has 2 heterocycles. The van der Waals surface area contributed by atoms with Crippen molar-refractivity contribution in [2.24, 2.45) is 0 Å². The third-order valence-electron chi connectivity index (χ3n) is 4.58. The lowest BCUT2D eigenvalue weighted by atomic mass is 10.1. The first-order valence-corrected chi connectivity index (χ1v) is 8.86. The molecule has 138 valence electrons. The molecular formula is C18H28N4O3. The van der Waals surface area contributed by atoms with E-state index in [0.717, 1.165) is 57.3 Å². The zero-order valence-corrected chi connectivity index (χ0v) is 15.2. The number of nitrogens with one attached hydrogen (secondary N) is 1. The largest absolute Gasteiger partial charge is 0.454 e. The number of amides is 1. The van der Waals surface area contributed by atoms with Crippen LogP contribution in [0.2, 0.25) is 0 Å². The minimum atomic E-state index is 0.196. The first-order chi connectivity index (χ1) is 12.1. The third-order valence-corrected chi connectivity index (χ3v) is 4.58. The molecule has 25 heavy (non-hydrogen) atoms. The van der Waals surface area contributed by atoms with Gasteiger partial charge in [0.15, 0.2) is 11.5 Å². The van der Waals surface area contributed by atoms with Crippen LogP contribution in [-0.4, -0.2) is 87.3 Å². The standard InChI is InChI=1S/C18H28N4O3/c1-20(2)6-5-19-12-18(23)22-9-7-21(8-10-22)13-15-3-4-16-17(11-15)25-14-24-16/h3-4,11,19H,5-10,12-14H2,1-2H3. The van der Waals surface area contributed by atoms with Crippen molar-refractivity contribution in [3.63, 3.8) is 0 Å². The van der Waals surface area contributed by atoms with Gasteiger partial charge in [0.2, 0.25) is 12.7 Å². The Bertz CT molecular complexity index is 586. The highest BCUT2D eigenvalue weighted by Crippen LogP contribution is 2.32. The number of carbonyl (C=O) groups is 1. The maximum Gasteiger partial charge on any atom is 0.236 e. The van der Waals surface area contributed by atoms with Crippen molar-refractivity contribution in [3.8, 4) is 11.5 Å². The Morgan fingerprint density at radius 2 is 1.92 bits per heavy atom. The average molecular weight is 348 g/mol. The Labute approximate surface area is 149 Å². The van der Waals surface area contributed by atoms with Crippen molar-refractivity contribution in [2.75, 3.05) is 66.7 Å². The lowest BCUT2D eigenvalue weighted by molar-refractivity contribution is -0.132. The Kier molecular flexibility index (Phi) is 6.12. The van der Waals surface area contributed by atoms with Crippen LogP contribution in [0.15, 0.2) is 18.2 Å². The van der Waals surface area contributed by atoms with E-state index >= 15 is 0 Å². The van der Waals surface area contributed by atoms with Gasteiger partial charge in [0.1, 0.15) is 0 Å². The monoisotopic (exact) mass is 348 g/mol. The number of nitrogens with zero attached hydrogens (tertiary/aromatic N) is 3. The van der Waals surface area contributed by atoms with Crippen LogP contribution >= 0.6 is 0 Å². The number of carbonyl (C=O) groups excluding carboxylic acids is 1. The van der Waals surface area contributed by atoms with E-state index in [1.807, 2.05) is 25.1 Å². The molecule has 0 saturated carbocycles. The molecule has 0 unspecified atom stereocenters. The molecule has 0 aromatic heterocycles. The lowest BCUT2D eigenvalue weighted by Crippen LogP contribution is -2.50. The van der Waals surface area contributed by atoms with E-state index < -0.39 is 0 Å². The van der Waals surface area contributed by atoms with E-state index in [0.29, 0.717) is 13.3 Å². The number of benzene rings is 1. The van der Waals surface area contributed by atoms with Gasteiger partial charge < -0.3 is 24.6 Å². The molecular weight excluding hydrogens is 320 g/mol. The van der Waals surface area contributed by atoms with Gasteiger partial charge >= 0.3 is 0 Å². The number of ether oxygens (including phenoxy) is 2. The van der Waals surface area contributed by atoms with Gasteiger partial charge in [0.25, 0.3) is 0 Å². The molecule has 1 aromatic carbocycles. The second kappa shape index (κ2) is 8.51. The Morgan fingerprint density at radius 3 is 2.68 bits per heavy atom. The van der Waals surface area contributed by atoms with Gasteiger partial charge in [0.05, 0.1) is 6.54 Å². The highest BCUT2D eigenvalue weighted by Gasteiger charge is 2.21. The van der Waals surface area contributed by atoms with Gasteiger partial charge in [-0.05, 0) is 31.8 Å². The highest BCUT2D eigenvalue weighted by atomic mass is 16.7. The van der Waals surface area contributed by atoms with Crippen LogP contribution in [0.4, 0.5) is 0 Å². The van der Waals surface area contributed by atoms with Crippen molar-refractivity contribution >= 4 is 5.91 Å².